The van der Waals surface area contributed by atoms with Gasteiger partial charge in [0.1, 0.15) is 5.75 Å². The molecule has 0 bridgehead atoms. The van der Waals surface area contributed by atoms with Gasteiger partial charge in [-0.05, 0) is 12.1 Å². The summed E-state index contributed by atoms with van der Waals surface area (Å²) in [5, 5.41) is 3.14. The van der Waals surface area contributed by atoms with Crippen LogP contribution in [0.15, 0.2) is 12.1 Å². The molecule has 1 atom stereocenters. The van der Waals surface area contributed by atoms with Crippen molar-refractivity contribution < 1.29 is 17.9 Å². The fourth-order valence-electron chi connectivity index (χ4n) is 1.88. The van der Waals surface area contributed by atoms with Gasteiger partial charge >= 0.3 is 6.18 Å². The number of nitrogens with one attached hydrogen (secondary N) is 1. The highest BCUT2D eigenvalue weighted by Gasteiger charge is 2.31. The fraction of sp³-hybridized carbons (Fsp3) is 0.455. The van der Waals surface area contributed by atoms with E-state index < -0.39 is 18.8 Å². The minimum absolute atomic E-state index is 0.316. The Bertz CT molecular complexity index is 451. The van der Waals surface area contributed by atoms with Gasteiger partial charge in [-0.3, -0.25) is 0 Å². The average molecular weight is 300 g/mol. The van der Waals surface area contributed by atoms with E-state index in [1.807, 2.05) is 0 Å². The van der Waals surface area contributed by atoms with Crippen molar-refractivity contribution in [2.45, 2.75) is 18.6 Å². The van der Waals surface area contributed by atoms with Gasteiger partial charge in [-0.15, -0.1) is 0 Å². The molecule has 7 heteroatoms. The van der Waals surface area contributed by atoms with Crippen molar-refractivity contribution in [2.24, 2.45) is 0 Å². The Morgan fingerprint density at radius 1 is 1.33 bits per heavy atom. The number of benzene rings is 1. The van der Waals surface area contributed by atoms with Crippen LogP contribution in [0, 0.1) is 0 Å². The Morgan fingerprint density at radius 2 is 2.06 bits per heavy atom. The van der Waals surface area contributed by atoms with E-state index in [4.69, 9.17) is 27.9 Å². The van der Waals surface area contributed by atoms with E-state index in [1.165, 1.54) is 6.07 Å². The van der Waals surface area contributed by atoms with Crippen LogP contribution in [-0.4, -0.2) is 19.3 Å². The lowest BCUT2D eigenvalue weighted by atomic mass is 10.0. The molecule has 1 heterocycles. The second-order valence-electron chi connectivity index (χ2n) is 3.99. The molecule has 2 nitrogen and oxygen atoms in total. The van der Waals surface area contributed by atoms with Crippen molar-refractivity contribution in [2.75, 3.05) is 13.2 Å². The van der Waals surface area contributed by atoms with Crippen molar-refractivity contribution >= 4 is 23.2 Å². The first-order chi connectivity index (χ1) is 8.37. The number of ether oxygens (including phenoxy) is 1. The SMILES string of the molecule is FC(F)(F)CNC1CCOc2c(Cl)cc(Cl)cc21. The molecule has 0 radical (unpaired) electrons. The number of alkyl halides is 3. The summed E-state index contributed by atoms with van der Waals surface area (Å²) >= 11 is 11.8. The lowest BCUT2D eigenvalue weighted by Crippen LogP contribution is -2.34. The summed E-state index contributed by atoms with van der Waals surface area (Å²) in [5.41, 5.74) is 0.572. The highest BCUT2D eigenvalue weighted by atomic mass is 35.5. The molecule has 0 spiro atoms. The summed E-state index contributed by atoms with van der Waals surface area (Å²) in [6, 6.07) is 2.64. The molecule has 0 aromatic heterocycles. The highest BCUT2D eigenvalue weighted by Crippen LogP contribution is 2.40. The normalized spacial score (nSPS) is 19.3. The Balaban J connectivity index is 2.22. The topological polar surface area (TPSA) is 21.3 Å². The minimum atomic E-state index is -4.25. The van der Waals surface area contributed by atoms with E-state index in [0.29, 0.717) is 34.4 Å². The van der Waals surface area contributed by atoms with Gasteiger partial charge in [0, 0.05) is 23.0 Å². The second-order valence-corrected chi connectivity index (χ2v) is 4.84. The molecule has 0 aliphatic carbocycles. The maximum Gasteiger partial charge on any atom is 0.401 e. The van der Waals surface area contributed by atoms with Gasteiger partial charge in [-0.1, -0.05) is 23.2 Å². The average Bonchev–Trinajstić information content (AvgIpc) is 2.25. The molecule has 1 aromatic carbocycles. The zero-order valence-corrected chi connectivity index (χ0v) is 10.7. The maximum atomic E-state index is 12.2. The number of halogens is 5. The van der Waals surface area contributed by atoms with Crippen LogP contribution in [0.5, 0.6) is 5.75 Å². The fourth-order valence-corrected chi connectivity index (χ4v) is 2.44. The van der Waals surface area contributed by atoms with Gasteiger partial charge in [-0.2, -0.15) is 13.2 Å². The van der Waals surface area contributed by atoms with Gasteiger partial charge in [0.25, 0.3) is 0 Å². The molecule has 1 N–H and O–H groups in total. The summed E-state index contributed by atoms with van der Waals surface area (Å²) in [7, 11) is 0. The minimum Gasteiger partial charge on any atom is -0.492 e. The molecule has 1 unspecified atom stereocenters. The summed E-state index contributed by atoms with van der Waals surface area (Å²) < 4.78 is 42.0. The quantitative estimate of drug-likeness (QED) is 0.892. The van der Waals surface area contributed by atoms with E-state index in [1.54, 1.807) is 6.07 Å². The van der Waals surface area contributed by atoms with Crippen LogP contribution < -0.4 is 10.1 Å². The van der Waals surface area contributed by atoms with Gasteiger partial charge in [0.15, 0.2) is 0 Å². The first-order valence-corrected chi connectivity index (χ1v) is 6.04. The Morgan fingerprint density at radius 3 is 2.72 bits per heavy atom. The molecule has 100 valence electrons. The number of rotatable bonds is 2. The second kappa shape index (κ2) is 5.15. The monoisotopic (exact) mass is 299 g/mol. The van der Waals surface area contributed by atoms with E-state index in [0.717, 1.165) is 0 Å². The van der Waals surface area contributed by atoms with Crippen LogP contribution in [-0.2, 0) is 0 Å². The van der Waals surface area contributed by atoms with Gasteiger partial charge in [0.2, 0.25) is 0 Å². The number of hydrogen-bond acceptors (Lipinski definition) is 2. The van der Waals surface area contributed by atoms with Gasteiger partial charge in [0.05, 0.1) is 18.2 Å². The van der Waals surface area contributed by atoms with Gasteiger partial charge < -0.3 is 10.1 Å². The summed E-state index contributed by atoms with van der Waals surface area (Å²) in [4.78, 5) is 0. The summed E-state index contributed by atoms with van der Waals surface area (Å²) in [5.74, 6) is 0.409. The Kier molecular flexibility index (Phi) is 3.94. The van der Waals surface area contributed by atoms with Crippen molar-refractivity contribution in [1.29, 1.82) is 0 Å². The third-order valence-electron chi connectivity index (χ3n) is 2.61. The molecule has 1 aliphatic rings. The zero-order chi connectivity index (χ0) is 13.3. The van der Waals surface area contributed by atoms with Crippen LogP contribution in [0.2, 0.25) is 10.0 Å². The molecule has 0 saturated carbocycles. The molecular weight excluding hydrogens is 290 g/mol. The van der Waals surface area contributed by atoms with Crippen molar-refractivity contribution in [3.05, 3.63) is 27.7 Å². The first kappa shape index (κ1) is 13.8. The summed E-state index contributed by atoms with van der Waals surface area (Å²) in [6.07, 6.45) is -3.80. The van der Waals surface area contributed by atoms with Crippen LogP contribution in [0.1, 0.15) is 18.0 Å². The van der Waals surface area contributed by atoms with Crippen molar-refractivity contribution in [3.63, 3.8) is 0 Å². The van der Waals surface area contributed by atoms with E-state index in [9.17, 15) is 13.2 Å². The first-order valence-electron chi connectivity index (χ1n) is 5.29. The van der Waals surface area contributed by atoms with Crippen LogP contribution in [0.3, 0.4) is 0 Å². The Hall–Kier alpha value is -0.650. The predicted octanol–water partition coefficient (Wildman–Crippen LogP) is 3.97. The van der Waals surface area contributed by atoms with E-state index in [2.05, 4.69) is 5.32 Å². The van der Waals surface area contributed by atoms with Crippen molar-refractivity contribution in [1.82, 2.24) is 5.32 Å². The van der Waals surface area contributed by atoms with Crippen LogP contribution in [0.4, 0.5) is 13.2 Å². The van der Waals surface area contributed by atoms with Crippen LogP contribution >= 0.6 is 23.2 Å². The lowest BCUT2D eigenvalue weighted by molar-refractivity contribution is -0.126. The van der Waals surface area contributed by atoms with E-state index >= 15 is 0 Å². The molecule has 0 saturated heterocycles. The highest BCUT2D eigenvalue weighted by molar-refractivity contribution is 6.35. The van der Waals surface area contributed by atoms with Gasteiger partial charge in [-0.25, -0.2) is 0 Å². The third-order valence-corrected chi connectivity index (χ3v) is 3.11. The molecular formula is C11H10Cl2F3NO. The number of fused-ring (bicyclic) bond motifs is 1. The maximum absolute atomic E-state index is 12.2. The summed E-state index contributed by atoms with van der Waals surface area (Å²) in [6.45, 7) is -0.731. The van der Waals surface area contributed by atoms with E-state index in [-0.39, 0.29) is 0 Å². The molecule has 1 aromatic rings. The molecule has 0 fully saturated rings. The largest absolute Gasteiger partial charge is 0.492 e. The number of hydrogen-bond donors (Lipinski definition) is 1. The molecule has 0 amide bonds. The zero-order valence-electron chi connectivity index (χ0n) is 9.15. The smallest absolute Gasteiger partial charge is 0.401 e. The van der Waals surface area contributed by atoms with Crippen LogP contribution in [0.25, 0.3) is 0 Å². The molecule has 1 aliphatic heterocycles. The standard InChI is InChI=1S/C11H10Cl2F3NO/c12-6-3-7-9(17-5-11(14,15)16)1-2-18-10(7)8(13)4-6/h3-4,9,17H,1-2,5H2. The molecule has 2 rings (SSSR count). The molecule has 18 heavy (non-hydrogen) atoms. The predicted molar refractivity (Wildman–Crippen MR) is 63.4 cm³/mol. The third kappa shape index (κ3) is 3.22. The van der Waals surface area contributed by atoms with Crippen molar-refractivity contribution in [3.8, 4) is 5.75 Å². The lowest BCUT2D eigenvalue weighted by Gasteiger charge is -2.28. The Labute approximate surface area is 112 Å².